The van der Waals surface area contributed by atoms with Gasteiger partial charge in [0.2, 0.25) is 0 Å². The van der Waals surface area contributed by atoms with Crippen molar-refractivity contribution in [2.75, 3.05) is 31.0 Å². The van der Waals surface area contributed by atoms with Gasteiger partial charge in [0.15, 0.2) is 0 Å². The highest BCUT2D eigenvalue weighted by Crippen LogP contribution is 2.25. The van der Waals surface area contributed by atoms with Crippen LogP contribution in [0.25, 0.3) is 0 Å². The quantitative estimate of drug-likeness (QED) is 0.661. The van der Waals surface area contributed by atoms with Crippen molar-refractivity contribution >= 4 is 17.2 Å². The van der Waals surface area contributed by atoms with E-state index in [2.05, 4.69) is 15.6 Å². The maximum absolute atomic E-state index is 8.21. The molecule has 1 aromatic carbocycles. The van der Waals surface area contributed by atoms with E-state index >= 15 is 0 Å². The highest BCUT2D eigenvalue weighted by Gasteiger charge is 2.18. The van der Waals surface area contributed by atoms with Gasteiger partial charge in [-0.3, -0.25) is 0 Å². The number of ether oxygens (including phenoxy) is 2. The van der Waals surface area contributed by atoms with Crippen molar-refractivity contribution in [2.24, 2.45) is 0 Å². The Morgan fingerprint density at radius 3 is 2.62 bits per heavy atom. The van der Waals surface area contributed by atoms with E-state index in [1.807, 2.05) is 30.3 Å². The zero-order chi connectivity index (χ0) is 18.4. The van der Waals surface area contributed by atoms with E-state index in [-0.39, 0.29) is 0 Å². The Bertz CT molecular complexity index is 740. The molecule has 0 saturated carbocycles. The van der Waals surface area contributed by atoms with Gasteiger partial charge in [-0.25, -0.2) is 4.98 Å². The molecule has 1 saturated heterocycles. The molecule has 0 unspecified atom stereocenters. The number of nitrogens with one attached hydrogen (secondary N) is 3. The predicted molar refractivity (Wildman–Crippen MR) is 105 cm³/mol. The normalized spacial score (nSPS) is 14.7. The van der Waals surface area contributed by atoms with E-state index in [4.69, 9.17) is 14.9 Å². The number of rotatable bonds is 7. The molecule has 6 heteroatoms. The highest BCUT2D eigenvalue weighted by molar-refractivity contribution is 6.05. The number of methoxy groups -OCH3 is 1. The fraction of sp³-hybridized carbons (Fsp3) is 0.400. The van der Waals surface area contributed by atoms with Gasteiger partial charge in [-0.05, 0) is 43.5 Å². The standard InChI is InChI=1S/C20H26N4O2/c1-14(21)19-18(23-13-15-3-5-17(25-2)6-4-15)7-10-22-20(19)24-16-8-11-26-12-9-16/h3-7,10,16,21H,8-9,11-13H2,1-2H3,(H2,22,23,24). The number of aromatic nitrogens is 1. The van der Waals surface area contributed by atoms with Crippen LogP contribution in [0.5, 0.6) is 5.75 Å². The lowest BCUT2D eigenvalue weighted by Gasteiger charge is -2.25. The van der Waals surface area contributed by atoms with Crippen molar-refractivity contribution in [1.29, 1.82) is 5.41 Å². The van der Waals surface area contributed by atoms with Crippen molar-refractivity contribution in [3.05, 3.63) is 47.7 Å². The Morgan fingerprint density at radius 2 is 1.96 bits per heavy atom. The first-order valence-electron chi connectivity index (χ1n) is 8.93. The molecule has 0 aliphatic carbocycles. The van der Waals surface area contributed by atoms with Crippen molar-refractivity contribution in [3.63, 3.8) is 0 Å². The average Bonchev–Trinajstić information content (AvgIpc) is 2.67. The lowest BCUT2D eigenvalue weighted by atomic mass is 10.1. The van der Waals surface area contributed by atoms with Gasteiger partial charge in [0, 0.05) is 43.4 Å². The number of benzene rings is 1. The second-order valence-electron chi connectivity index (χ2n) is 6.44. The Kier molecular flexibility index (Phi) is 6.07. The molecule has 0 radical (unpaired) electrons. The summed E-state index contributed by atoms with van der Waals surface area (Å²) in [6.07, 6.45) is 3.70. The van der Waals surface area contributed by atoms with Gasteiger partial charge in [-0.1, -0.05) is 12.1 Å². The molecule has 3 rings (SSSR count). The third kappa shape index (κ3) is 4.52. The van der Waals surface area contributed by atoms with Crippen molar-refractivity contribution < 1.29 is 9.47 Å². The van der Waals surface area contributed by atoms with Crippen LogP contribution in [0.15, 0.2) is 36.5 Å². The molecule has 0 bridgehead atoms. The van der Waals surface area contributed by atoms with Gasteiger partial charge >= 0.3 is 0 Å². The van der Waals surface area contributed by atoms with Crippen LogP contribution in [-0.2, 0) is 11.3 Å². The van der Waals surface area contributed by atoms with E-state index in [1.165, 1.54) is 0 Å². The molecule has 6 nitrogen and oxygen atoms in total. The van der Waals surface area contributed by atoms with Crippen LogP contribution in [-0.4, -0.2) is 37.1 Å². The van der Waals surface area contributed by atoms with Crippen LogP contribution < -0.4 is 15.4 Å². The Labute approximate surface area is 154 Å². The van der Waals surface area contributed by atoms with Crippen LogP contribution >= 0.6 is 0 Å². The zero-order valence-electron chi connectivity index (χ0n) is 15.3. The summed E-state index contributed by atoms with van der Waals surface area (Å²) >= 11 is 0. The number of nitrogens with zero attached hydrogens (tertiary/aromatic N) is 1. The number of pyridine rings is 1. The molecular weight excluding hydrogens is 328 g/mol. The Balaban J connectivity index is 1.74. The van der Waals surface area contributed by atoms with Crippen LogP contribution in [0.3, 0.4) is 0 Å². The number of hydrogen-bond acceptors (Lipinski definition) is 6. The topological polar surface area (TPSA) is 79.3 Å². The molecule has 138 valence electrons. The molecule has 2 heterocycles. The summed E-state index contributed by atoms with van der Waals surface area (Å²) in [7, 11) is 1.66. The van der Waals surface area contributed by atoms with E-state index < -0.39 is 0 Å². The van der Waals surface area contributed by atoms with E-state index in [0.29, 0.717) is 18.3 Å². The van der Waals surface area contributed by atoms with Crippen LogP contribution in [0.1, 0.15) is 30.9 Å². The van der Waals surface area contributed by atoms with Crippen LogP contribution in [0.2, 0.25) is 0 Å². The van der Waals surface area contributed by atoms with Gasteiger partial charge in [0.25, 0.3) is 0 Å². The van der Waals surface area contributed by atoms with Crippen LogP contribution in [0.4, 0.5) is 11.5 Å². The maximum Gasteiger partial charge on any atom is 0.137 e. The minimum absolute atomic E-state index is 0.339. The minimum atomic E-state index is 0.339. The van der Waals surface area contributed by atoms with E-state index in [0.717, 1.165) is 54.4 Å². The van der Waals surface area contributed by atoms with Gasteiger partial charge in [-0.15, -0.1) is 0 Å². The highest BCUT2D eigenvalue weighted by atomic mass is 16.5. The van der Waals surface area contributed by atoms with E-state index in [1.54, 1.807) is 20.2 Å². The summed E-state index contributed by atoms with van der Waals surface area (Å²) in [5.74, 6) is 1.61. The summed E-state index contributed by atoms with van der Waals surface area (Å²) in [6, 6.07) is 10.2. The fourth-order valence-electron chi connectivity index (χ4n) is 3.07. The third-order valence-electron chi connectivity index (χ3n) is 4.53. The fourth-order valence-corrected chi connectivity index (χ4v) is 3.07. The van der Waals surface area contributed by atoms with Crippen molar-refractivity contribution in [1.82, 2.24) is 4.98 Å². The summed E-state index contributed by atoms with van der Waals surface area (Å²) in [4.78, 5) is 4.48. The second-order valence-corrected chi connectivity index (χ2v) is 6.44. The van der Waals surface area contributed by atoms with Gasteiger partial charge in [0.05, 0.1) is 12.7 Å². The molecule has 1 aromatic heterocycles. The van der Waals surface area contributed by atoms with Gasteiger partial charge in [0.1, 0.15) is 11.6 Å². The van der Waals surface area contributed by atoms with E-state index in [9.17, 15) is 0 Å². The minimum Gasteiger partial charge on any atom is -0.497 e. The lowest BCUT2D eigenvalue weighted by molar-refractivity contribution is 0.0904. The Morgan fingerprint density at radius 1 is 1.23 bits per heavy atom. The molecule has 26 heavy (non-hydrogen) atoms. The summed E-state index contributed by atoms with van der Waals surface area (Å²) in [5, 5.41) is 15.1. The summed E-state index contributed by atoms with van der Waals surface area (Å²) in [6.45, 7) is 4.01. The zero-order valence-corrected chi connectivity index (χ0v) is 15.3. The molecular formula is C20H26N4O2. The first-order valence-corrected chi connectivity index (χ1v) is 8.93. The second kappa shape index (κ2) is 8.67. The molecule has 1 aliphatic rings. The van der Waals surface area contributed by atoms with Crippen LogP contribution in [0, 0.1) is 5.41 Å². The summed E-state index contributed by atoms with van der Waals surface area (Å²) in [5.41, 5.74) is 3.38. The molecule has 1 aliphatic heterocycles. The Hall–Kier alpha value is -2.60. The predicted octanol–water partition coefficient (Wildman–Crippen LogP) is 3.68. The molecule has 3 N–H and O–H groups in total. The first kappa shape index (κ1) is 18.2. The molecule has 0 spiro atoms. The average molecular weight is 354 g/mol. The lowest BCUT2D eigenvalue weighted by Crippen LogP contribution is -2.29. The largest absolute Gasteiger partial charge is 0.497 e. The molecule has 0 amide bonds. The molecule has 2 aromatic rings. The van der Waals surface area contributed by atoms with Crippen molar-refractivity contribution in [3.8, 4) is 5.75 Å². The summed E-state index contributed by atoms with van der Waals surface area (Å²) < 4.78 is 10.6. The van der Waals surface area contributed by atoms with Gasteiger partial charge in [-0.2, -0.15) is 0 Å². The molecule has 0 atom stereocenters. The monoisotopic (exact) mass is 354 g/mol. The smallest absolute Gasteiger partial charge is 0.137 e. The molecule has 1 fully saturated rings. The first-order chi connectivity index (χ1) is 12.7. The third-order valence-corrected chi connectivity index (χ3v) is 4.53. The van der Waals surface area contributed by atoms with Crippen molar-refractivity contribution in [2.45, 2.75) is 32.4 Å². The number of anilines is 2. The SMILES string of the molecule is COc1ccc(CNc2ccnc(NC3CCOCC3)c2C(C)=N)cc1. The van der Waals surface area contributed by atoms with Gasteiger partial charge < -0.3 is 25.5 Å². The number of hydrogen-bond donors (Lipinski definition) is 3. The maximum atomic E-state index is 8.21.